The van der Waals surface area contributed by atoms with Gasteiger partial charge in [-0.05, 0) is 37.5 Å². The molecule has 4 rings (SSSR count). The largest absolute Gasteiger partial charge is 0.494 e. The Morgan fingerprint density at radius 3 is 2.86 bits per heavy atom. The quantitative estimate of drug-likeness (QED) is 0.754. The van der Waals surface area contributed by atoms with Gasteiger partial charge in [0.25, 0.3) is 5.56 Å². The Balaban J connectivity index is 1.33. The number of amides is 2. The van der Waals surface area contributed by atoms with E-state index >= 15 is 0 Å². The molecular weight excluding hydrogens is 372 g/mol. The number of rotatable bonds is 6. The summed E-state index contributed by atoms with van der Waals surface area (Å²) in [5, 5.41) is 2.99. The predicted molar refractivity (Wildman–Crippen MR) is 109 cm³/mol. The molecule has 8 nitrogen and oxygen atoms in total. The van der Waals surface area contributed by atoms with Crippen LogP contribution in [0.1, 0.15) is 44.9 Å². The number of benzene rings is 1. The number of anilines is 1. The molecule has 1 saturated carbocycles. The Hall–Kier alpha value is -2.90. The summed E-state index contributed by atoms with van der Waals surface area (Å²) in [5.74, 6) is 0.752. The molecule has 2 amide bonds. The number of nitrogens with one attached hydrogen (secondary N) is 1. The highest BCUT2D eigenvalue weighted by atomic mass is 16.5. The summed E-state index contributed by atoms with van der Waals surface area (Å²) in [7, 11) is 1.90. The Bertz CT molecular complexity index is 994. The Morgan fingerprint density at radius 1 is 1.28 bits per heavy atom. The maximum absolute atomic E-state index is 12.6. The molecule has 0 saturated heterocycles. The van der Waals surface area contributed by atoms with Crippen molar-refractivity contribution in [2.24, 2.45) is 0 Å². The average Bonchev–Trinajstić information content (AvgIpc) is 3.12. The lowest BCUT2D eigenvalue weighted by Crippen LogP contribution is -2.38. The van der Waals surface area contributed by atoms with Gasteiger partial charge in [-0.15, -0.1) is 0 Å². The van der Waals surface area contributed by atoms with Gasteiger partial charge < -0.3 is 9.64 Å². The summed E-state index contributed by atoms with van der Waals surface area (Å²) in [5.41, 5.74) is 0.248. The van der Waals surface area contributed by atoms with Crippen molar-refractivity contribution in [2.45, 2.75) is 57.5 Å². The van der Waals surface area contributed by atoms with Crippen molar-refractivity contribution in [2.75, 3.05) is 19.0 Å². The summed E-state index contributed by atoms with van der Waals surface area (Å²) in [6.07, 6.45) is 6.95. The monoisotopic (exact) mass is 398 g/mol. The molecule has 1 aliphatic carbocycles. The Kier molecular flexibility index (Phi) is 5.51. The van der Waals surface area contributed by atoms with Crippen LogP contribution in [0, 0.1) is 0 Å². The summed E-state index contributed by atoms with van der Waals surface area (Å²) in [6.45, 7) is 0.383. The highest BCUT2D eigenvalue weighted by Gasteiger charge is 2.22. The summed E-state index contributed by atoms with van der Waals surface area (Å²) in [4.78, 5) is 42.7. The number of aromatic nitrogens is 2. The van der Waals surface area contributed by atoms with Crippen molar-refractivity contribution in [3.05, 3.63) is 28.6 Å². The zero-order chi connectivity index (χ0) is 20.4. The molecule has 0 unspecified atom stereocenters. The van der Waals surface area contributed by atoms with Crippen LogP contribution in [0.15, 0.2) is 23.0 Å². The van der Waals surface area contributed by atoms with Gasteiger partial charge in [0.1, 0.15) is 12.3 Å². The summed E-state index contributed by atoms with van der Waals surface area (Å²) in [6, 6.07) is 5.48. The van der Waals surface area contributed by atoms with Gasteiger partial charge in [0.2, 0.25) is 17.8 Å². The van der Waals surface area contributed by atoms with E-state index in [4.69, 9.17) is 4.74 Å². The van der Waals surface area contributed by atoms with Crippen LogP contribution >= 0.6 is 0 Å². The van der Waals surface area contributed by atoms with E-state index in [2.05, 4.69) is 10.3 Å². The van der Waals surface area contributed by atoms with Crippen molar-refractivity contribution in [3.63, 3.8) is 0 Å². The SMILES string of the molecule is CN(C(=O)CCCOc1ccc2nc3n(c(=O)c2c1)CC(=O)N3)C1CCCCC1. The van der Waals surface area contributed by atoms with Crippen LogP contribution in [0.3, 0.4) is 0 Å². The van der Waals surface area contributed by atoms with Gasteiger partial charge in [-0.25, -0.2) is 4.98 Å². The first-order valence-corrected chi connectivity index (χ1v) is 10.3. The minimum absolute atomic E-state index is 0.0151. The molecule has 154 valence electrons. The molecule has 0 spiro atoms. The van der Waals surface area contributed by atoms with Gasteiger partial charge in [0, 0.05) is 19.5 Å². The fraction of sp³-hybridized carbons (Fsp3) is 0.524. The standard InChI is InChI=1S/C21H26N4O4/c1-24(14-6-3-2-4-7-14)19(27)8-5-11-29-15-9-10-17-16(12-15)20(28)25-13-18(26)23-21(25)22-17/h9-10,12,14H,2-8,11,13H2,1H3,(H,22,23,26). The third-order valence-electron chi connectivity index (χ3n) is 5.80. The van der Waals surface area contributed by atoms with E-state index in [1.807, 2.05) is 11.9 Å². The van der Waals surface area contributed by atoms with Gasteiger partial charge in [-0.3, -0.25) is 24.3 Å². The van der Waals surface area contributed by atoms with Crippen LogP contribution in [0.2, 0.25) is 0 Å². The van der Waals surface area contributed by atoms with E-state index in [0.717, 1.165) is 12.8 Å². The molecule has 0 radical (unpaired) electrons. The molecule has 2 heterocycles. The number of fused-ring (bicyclic) bond motifs is 2. The van der Waals surface area contributed by atoms with Gasteiger partial charge >= 0.3 is 0 Å². The van der Waals surface area contributed by atoms with Crippen molar-refractivity contribution in [1.82, 2.24) is 14.5 Å². The van der Waals surface area contributed by atoms with E-state index in [1.54, 1.807) is 18.2 Å². The lowest BCUT2D eigenvalue weighted by Gasteiger charge is -2.31. The van der Waals surface area contributed by atoms with Crippen molar-refractivity contribution in [1.29, 1.82) is 0 Å². The fourth-order valence-corrected chi connectivity index (χ4v) is 4.10. The van der Waals surface area contributed by atoms with Crippen LogP contribution < -0.4 is 15.6 Å². The number of carbonyl (C=O) groups excluding carboxylic acids is 2. The second kappa shape index (κ2) is 8.23. The minimum Gasteiger partial charge on any atom is -0.494 e. The maximum Gasteiger partial charge on any atom is 0.263 e. The number of hydrogen-bond acceptors (Lipinski definition) is 5. The third-order valence-corrected chi connectivity index (χ3v) is 5.80. The predicted octanol–water partition coefficient (Wildman–Crippen LogP) is 2.30. The van der Waals surface area contributed by atoms with Crippen molar-refractivity contribution < 1.29 is 14.3 Å². The first-order chi connectivity index (χ1) is 14.0. The van der Waals surface area contributed by atoms with Crippen LogP contribution in [-0.4, -0.2) is 46.0 Å². The van der Waals surface area contributed by atoms with Gasteiger partial charge in [-0.1, -0.05) is 19.3 Å². The molecule has 0 atom stereocenters. The minimum atomic E-state index is -0.266. The topological polar surface area (TPSA) is 93.5 Å². The molecule has 1 fully saturated rings. The molecule has 1 aliphatic heterocycles. The smallest absolute Gasteiger partial charge is 0.263 e. The van der Waals surface area contributed by atoms with E-state index < -0.39 is 0 Å². The lowest BCUT2D eigenvalue weighted by atomic mass is 9.94. The van der Waals surface area contributed by atoms with Gasteiger partial charge in [0.05, 0.1) is 17.5 Å². The summed E-state index contributed by atoms with van der Waals surface area (Å²) >= 11 is 0. The molecular formula is C21H26N4O4. The molecule has 2 aromatic rings. The Morgan fingerprint density at radius 2 is 2.07 bits per heavy atom. The first-order valence-electron chi connectivity index (χ1n) is 10.3. The second-order valence-corrected chi connectivity index (χ2v) is 7.80. The zero-order valence-corrected chi connectivity index (χ0v) is 16.6. The number of carbonyl (C=O) groups is 2. The van der Waals surface area contributed by atoms with E-state index in [-0.39, 0.29) is 29.9 Å². The number of hydrogen-bond donors (Lipinski definition) is 1. The van der Waals surface area contributed by atoms with Gasteiger partial charge in [0.15, 0.2) is 0 Å². The van der Waals surface area contributed by atoms with Gasteiger partial charge in [-0.2, -0.15) is 0 Å². The van der Waals surface area contributed by atoms with Crippen LogP contribution in [-0.2, 0) is 16.1 Å². The van der Waals surface area contributed by atoms with Crippen LogP contribution in [0.4, 0.5) is 5.95 Å². The van der Waals surface area contributed by atoms with Crippen LogP contribution in [0.5, 0.6) is 5.75 Å². The normalized spacial score (nSPS) is 16.5. The third kappa shape index (κ3) is 4.11. The molecule has 1 aromatic heterocycles. The second-order valence-electron chi connectivity index (χ2n) is 7.80. The molecule has 1 N–H and O–H groups in total. The van der Waals surface area contributed by atoms with E-state index in [9.17, 15) is 14.4 Å². The van der Waals surface area contributed by atoms with E-state index in [0.29, 0.717) is 42.1 Å². The molecule has 8 heteroatoms. The lowest BCUT2D eigenvalue weighted by molar-refractivity contribution is -0.132. The Labute approximate surface area is 168 Å². The molecule has 1 aromatic carbocycles. The number of nitrogens with zero attached hydrogens (tertiary/aromatic N) is 3. The molecule has 0 bridgehead atoms. The highest BCUT2D eigenvalue weighted by molar-refractivity contribution is 5.94. The molecule has 29 heavy (non-hydrogen) atoms. The molecule has 2 aliphatic rings. The van der Waals surface area contributed by atoms with Crippen molar-refractivity contribution >= 4 is 28.7 Å². The summed E-state index contributed by atoms with van der Waals surface area (Å²) < 4.78 is 7.08. The van der Waals surface area contributed by atoms with E-state index in [1.165, 1.54) is 23.8 Å². The average molecular weight is 398 g/mol. The number of ether oxygens (including phenoxy) is 1. The van der Waals surface area contributed by atoms with Crippen molar-refractivity contribution in [3.8, 4) is 5.75 Å². The maximum atomic E-state index is 12.6. The first kappa shape index (κ1) is 19.4. The fourth-order valence-electron chi connectivity index (χ4n) is 4.10. The highest BCUT2D eigenvalue weighted by Crippen LogP contribution is 2.23. The zero-order valence-electron chi connectivity index (χ0n) is 16.6. The van der Waals surface area contributed by atoms with Crippen LogP contribution in [0.25, 0.3) is 10.9 Å².